The Bertz CT molecular complexity index is 801. The first-order valence-corrected chi connectivity index (χ1v) is 7.86. The fourth-order valence-corrected chi connectivity index (χ4v) is 2.61. The number of aryl methyl sites for hydroxylation is 2. The van der Waals surface area contributed by atoms with Crippen molar-refractivity contribution < 1.29 is 14.2 Å². The zero-order chi connectivity index (χ0) is 16.8. The largest absolute Gasteiger partial charge is 0.490 e. The van der Waals surface area contributed by atoms with E-state index in [9.17, 15) is 4.39 Å². The standard InChI is InChI=1S/C19H19FN2O2/c20-16-5-3-4-15(14-16)8-10-22-11-9-21-19(22)17-6-1-2-7-18(17)24-13-12-23/h1-7,9,11,14,23H,8,10,12-13H2. The van der Waals surface area contributed by atoms with Gasteiger partial charge in [0.1, 0.15) is 24.0 Å². The number of nitrogens with zero attached hydrogens (tertiary/aromatic N) is 2. The fraction of sp³-hybridized carbons (Fsp3) is 0.211. The maximum absolute atomic E-state index is 13.3. The minimum atomic E-state index is -0.221. The van der Waals surface area contributed by atoms with Gasteiger partial charge in [-0.05, 0) is 36.2 Å². The van der Waals surface area contributed by atoms with Crippen LogP contribution in [0.4, 0.5) is 4.39 Å². The van der Waals surface area contributed by atoms with Gasteiger partial charge < -0.3 is 14.4 Å². The predicted octanol–water partition coefficient (Wildman–Crippen LogP) is 3.30. The molecule has 4 nitrogen and oxygen atoms in total. The molecule has 0 aliphatic heterocycles. The summed E-state index contributed by atoms with van der Waals surface area (Å²) in [5.74, 6) is 1.26. The molecule has 2 aromatic carbocycles. The molecule has 1 heterocycles. The van der Waals surface area contributed by atoms with E-state index in [2.05, 4.69) is 4.98 Å². The number of halogens is 1. The van der Waals surface area contributed by atoms with Gasteiger partial charge in [-0.2, -0.15) is 0 Å². The molecule has 0 bridgehead atoms. The van der Waals surface area contributed by atoms with Crippen LogP contribution in [0.15, 0.2) is 60.9 Å². The van der Waals surface area contributed by atoms with Crippen LogP contribution >= 0.6 is 0 Å². The van der Waals surface area contributed by atoms with Gasteiger partial charge >= 0.3 is 0 Å². The Morgan fingerprint density at radius 1 is 1.12 bits per heavy atom. The van der Waals surface area contributed by atoms with Crippen molar-refractivity contribution >= 4 is 0 Å². The van der Waals surface area contributed by atoms with Crippen LogP contribution in [0.1, 0.15) is 5.56 Å². The van der Waals surface area contributed by atoms with Crippen molar-refractivity contribution in [2.45, 2.75) is 13.0 Å². The average molecular weight is 326 g/mol. The summed E-state index contributed by atoms with van der Waals surface area (Å²) < 4.78 is 20.9. The van der Waals surface area contributed by atoms with Crippen molar-refractivity contribution in [2.24, 2.45) is 0 Å². The highest BCUT2D eigenvalue weighted by Gasteiger charge is 2.11. The summed E-state index contributed by atoms with van der Waals surface area (Å²) >= 11 is 0. The van der Waals surface area contributed by atoms with Crippen LogP contribution in [0, 0.1) is 5.82 Å². The predicted molar refractivity (Wildman–Crippen MR) is 90.3 cm³/mol. The first-order valence-electron chi connectivity index (χ1n) is 7.86. The Kier molecular flexibility index (Phi) is 5.23. The molecule has 0 atom stereocenters. The molecule has 3 aromatic rings. The van der Waals surface area contributed by atoms with E-state index in [1.807, 2.05) is 41.1 Å². The number of aliphatic hydroxyl groups is 1. The summed E-state index contributed by atoms with van der Waals surface area (Å²) in [5, 5.41) is 8.96. The molecular formula is C19H19FN2O2. The molecule has 0 amide bonds. The van der Waals surface area contributed by atoms with Gasteiger partial charge in [0, 0.05) is 18.9 Å². The second-order valence-electron chi connectivity index (χ2n) is 5.39. The third-order valence-corrected chi connectivity index (χ3v) is 3.72. The zero-order valence-electron chi connectivity index (χ0n) is 13.2. The van der Waals surface area contributed by atoms with Gasteiger partial charge in [-0.15, -0.1) is 0 Å². The van der Waals surface area contributed by atoms with Crippen molar-refractivity contribution in [3.8, 4) is 17.1 Å². The van der Waals surface area contributed by atoms with Gasteiger partial charge in [0.2, 0.25) is 0 Å². The number of para-hydroxylation sites is 1. The summed E-state index contributed by atoms with van der Waals surface area (Å²) in [4.78, 5) is 4.43. The molecule has 0 aliphatic carbocycles. The van der Waals surface area contributed by atoms with Crippen molar-refractivity contribution in [1.82, 2.24) is 9.55 Å². The first kappa shape index (κ1) is 16.2. The second kappa shape index (κ2) is 7.75. The van der Waals surface area contributed by atoms with Crippen LogP contribution in [0.5, 0.6) is 5.75 Å². The van der Waals surface area contributed by atoms with E-state index in [0.717, 1.165) is 17.0 Å². The van der Waals surface area contributed by atoms with E-state index in [1.54, 1.807) is 18.3 Å². The quantitative estimate of drug-likeness (QED) is 0.725. The van der Waals surface area contributed by atoms with Crippen LogP contribution in [0.2, 0.25) is 0 Å². The van der Waals surface area contributed by atoms with Gasteiger partial charge in [0.05, 0.1) is 12.2 Å². The molecule has 0 saturated carbocycles. The van der Waals surface area contributed by atoms with Crippen molar-refractivity contribution in [1.29, 1.82) is 0 Å². The summed E-state index contributed by atoms with van der Waals surface area (Å²) in [6.45, 7) is 0.885. The molecule has 24 heavy (non-hydrogen) atoms. The highest BCUT2D eigenvalue weighted by Crippen LogP contribution is 2.28. The normalized spacial score (nSPS) is 10.8. The van der Waals surface area contributed by atoms with E-state index < -0.39 is 0 Å². The summed E-state index contributed by atoms with van der Waals surface area (Å²) in [6.07, 6.45) is 4.35. The van der Waals surface area contributed by atoms with Crippen LogP contribution in [0.25, 0.3) is 11.4 Å². The Morgan fingerprint density at radius 2 is 2.00 bits per heavy atom. The summed E-state index contributed by atoms with van der Waals surface area (Å²) in [7, 11) is 0. The van der Waals surface area contributed by atoms with E-state index in [4.69, 9.17) is 9.84 Å². The molecule has 124 valence electrons. The van der Waals surface area contributed by atoms with Gasteiger partial charge in [-0.1, -0.05) is 24.3 Å². The highest BCUT2D eigenvalue weighted by atomic mass is 19.1. The molecule has 3 rings (SSSR count). The number of ether oxygens (including phenoxy) is 1. The molecule has 0 aliphatic rings. The molecule has 5 heteroatoms. The average Bonchev–Trinajstić information content (AvgIpc) is 3.07. The van der Waals surface area contributed by atoms with Gasteiger partial charge in [0.25, 0.3) is 0 Å². The lowest BCUT2D eigenvalue weighted by atomic mass is 10.1. The third kappa shape index (κ3) is 3.81. The van der Waals surface area contributed by atoms with Gasteiger partial charge in [0.15, 0.2) is 0 Å². The molecule has 0 unspecified atom stereocenters. The van der Waals surface area contributed by atoms with Crippen LogP contribution in [-0.2, 0) is 13.0 Å². The SMILES string of the molecule is OCCOc1ccccc1-c1nccn1CCc1cccc(F)c1. The molecular weight excluding hydrogens is 307 g/mol. The van der Waals surface area contributed by atoms with Gasteiger partial charge in [-0.25, -0.2) is 9.37 Å². The Morgan fingerprint density at radius 3 is 2.83 bits per heavy atom. The van der Waals surface area contributed by atoms with Crippen molar-refractivity contribution in [3.05, 3.63) is 72.3 Å². The number of imidazole rings is 1. The lowest BCUT2D eigenvalue weighted by Gasteiger charge is -2.12. The van der Waals surface area contributed by atoms with E-state index in [-0.39, 0.29) is 19.0 Å². The zero-order valence-corrected chi connectivity index (χ0v) is 13.2. The van der Waals surface area contributed by atoms with Crippen LogP contribution in [-0.4, -0.2) is 27.9 Å². The first-order chi connectivity index (χ1) is 11.8. The highest BCUT2D eigenvalue weighted by molar-refractivity contribution is 5.64. The maximum Gasteiger partial charge on any atom is 0.143 e. The Balaban J connectivity index is 1.80. The molecule has 1 N–H and O–H groups in total. The number of aliphatic hydroxyl groups excluding tert-OH is 1. The van der Waals surface area contributed by atoms with Crippen LogP contribution in [0.3, 0.4) is 0 Å². The molecule has 0 spiro atoms. The topological polar surface area (TPSA) is 47.3 Å². The van der Waals surface area contributed by atoms with E-state index in [0.29, 0.717) is 18.7 Å². The number of hydrogen-bond donors (Lipinski definition) is 1. The van der Waals surface area contributed by atoms with Gasteiger partial charge in [-0.3, -0.25) is 0 Å². The lowest BCUT2D eigenvalue weighted by molar-refractivity contribution is 0.202. The Hall–Kier alpha value is -2.66. The third-order valence-electron chi connectivity index (χ3n) is 3.72. The minimum Gasteiger partial charge on any atom is -0.490 e. The number of rotatable bonds is 7. The Labute approximate surface area is 140 Å². The molecule has 0 saturated heterocycles. The van der Waals surface area contributed by atoms with E-state index >= 15 is 0 Å². The second-order valence-corrected chi connectivity index (χ2v) is 5.39. The molecule has 1 aromatic heterocycles. The number of aromatic nitrogens is 2. The lowest BCUT2D eigenvalue weighted by Crippen LogP contribution is -2.06. The number of benzene rings is 2. The molecule has 0 radical (unpaired) electrons. The molecule has 0 fully saturated rings. The van der Waals surface area contributed by atoms with Crippen molar-refractivity contribution in [2.75, 3.05) is 13.2 Å². The summed E-state index contributed by atoms with van der Waals surface area (Å²) in [5.41, 5.74) is 1.81. The van der Waals surface area contributed by atoms with Crippen molar-refractivity contribution in [3.63, 3.8) is 0 Å². The smallest absolute Gasteiger partial charge is 0.143 e. The maximum atomic E-state index is 13.3. The monoisotopic (exact) mass is 326 g/mol. The fourth-order valence-electron chi connectivity index (χ4n) is 2.61. The minimum absolute atomic E-state index is 0.0393. The summed E-state index contributed by atoms with van der Waals surface area (Å²) in [6, 6.07) is 14.2. The van der Waals surface area contributed by atoms with Crippen LogP contribution < -0.4 is 4.74 Å². The number of hydrogen-bond acceptors (Lipinski definition) is 3. The van der Waals surface area contributed by atoms with E-state index in [1.165, 1.54) is 6.07 Å².